The number of nitrogens with one attached hydrogen (secondary N) is 1. The number of methoxy groups -OCH3 is 1. The summed E-state index contributed by atoms with van der Waals surface area (Å²) in [5.41, 5.74) is 0.0154. The summed E-state index contributed by atoms with van der Waals surface area (Å²) in [6, 6.07) is 5.12. The normalized spacial score (nSPS) is 10.9. The maximum atomic E-state index is 12.3. The largest absolute Gasteiger partial charge is 0.497 e. The third kappa shape index (κ3) is 2.26. The molecule has 6 heteroatoms. The molecule has 1 heterocycles. The van der Waals surface area contributed by atoms with Crippen molar-refractivity contribution in [1.29, 1.82) is 0 Å². The SMILES string of the molecule is CNCCn1c(=O)c2cc(OC)ccc2n(C)c1=O. The molecule has 1 aromatic carbocycles. The molecule has 0 atom stereocenters. The lowest BCUT2D eigenvalue weighted by molar-refractivity contribution is 0.415. The maximum absolute atomic E-state index is 12.3. The van der Waals surface area contributed by atoms with Gasteiger partial charge in [-0.1, -0.05) is 0 Å². The van der Waals surface area contributed by atoms with Crippen molar-refractivity contribution in [3.8, 4) is 5.75 Å². The van der Waals surface area contributed by atoms with E-state index in [2.05, 4.69) is 5.32 Å². The van der Waals surface area contributed by atoms with Gasteiger partial charge in [-0.15, -0.1) is 0 Å². The van der Waals surface area contributed by atoms with E-state index in [0.29, 0.717) is 29.7 Å². The Bertz CT molecular complexity index is 715. The van der Waals surface area contributed by atoms with E-state index in [1.807, 2.05) is 0 Å². The Hall–Kier alpha value is -2.08. The lowest BCUT2D eigenvalue weighted by Gasteiger charge is -2.11. The summed E-state index contributed by atoms with van der Waals surface area (Å²) >= 11 is 0. The van der Waals surface area contributed by atoms with Crippen LogP contribution in [0, 0.1) is 0 Å². The molecule has 0 radical (unpaired) electrons. The molecular weight excluding hydrogens is 246 g/mol. The molecule has 2 aromatic rings. The average molecular weight is 263 g/mol. The van der Waals surface area contributed by atoms with E-state index in [1.165, 1.54) is 9.13 Å². The first-order valence-corrected chi connectivity index (χ1v) is 6.02. The number of hydrogen-bond donors (Lipinski definition) is 1. The molecule has 0 unspecified atom stereocenters. The number of benzene rings is 1. The Balaban J connectivity index is 2.77. The molecule has 0 aliphatic heterocycles. The van der Waals surface area contributed by atoms with E-state index >= 15 is 0 Å². The summed E-state index contributed by atoms with van der Waals surface area (Å²) in [6.07, 6.45) is 0. The Morgan fingerprint density at radius 3 is 2.68 bits per heavy atom. The van der Waals surface area contributed by atoms with Crippen molar-refractivity contribution in [1.82, 2.24) is 14.5 Å². The molecule has 0 aliphatic carbocycles. The summed E-state index contributed by atoms with van der Waals surface area (Å²) in [5, 5.41) is 3.41. The molecule has 0 saturated carbocycles. The zero-order valence-corrected chi connectivity index (χ0v) is 11.3. The summed E-state index contributed by atoms with van der Waals surface area (Å²) in [5.74, 6) is 0.600. The lowest BCUT2D eigenvalue weighted by atomic mass is 10.2. The highest BCUT2D eigenvalue weighted by atomic mass is 16.5. The zero-order valence-electron chi connectivity index (χ0n) is 11.3. The third-order valence-corrected chi connectivity index (χ3v) is 3.14. The van der Waals surface area contributed by atoms with Crippen LogP contribution in [0.2, 0.25) is 0 Å². The highest BCUT2D eigenvalue weighted by Gasteiger charge is 2.11. The monoisotopic (exact) mass is 263 g/mol. The van der Waals surface area contributed by atoms with Crippen LogP contribution in [0.25, 0.3) is 10.9 Å². The number of ether oxygens (including phenoxy) is 1. The first-order valence-electron chi connectivity index (χ1n) is 6.02. The first kappa shape index (κ1) is 13.4. The van der Waals surface area contributed by atoms with Gasteiger partial charge >= 0.3 is 5.69 Å². The van der Waals surface area contributed by atoms with Crippen molar-refractivity contribution in [3.63, 3.8) is 0 Å². The Morgan fingerprint density at radius 2 is 2.05 bits per heavy atom. The van der Waals surface area contributed by atoms with Crippen molar-refractivity contribution in [2.75, 3.05) is 20.7 Å². The molecule has 0 amide bonds. The predicted octanol–water partition coefficient (Wildman–Crippen LogP) is -0.0718. The number of fused-ring (bicyclic) bond motifs is 1. The van der Waals surface area contributed by atoms with Crippen LogP contribution >= 0.6 is 0 Å². The maximum Gasteiger partial charge on any atom is 0.331 e. The lowest BCUT2D eigenvalue weighted by Crippen LogP contribution is -2.40. The number of aromatic nitrogens is 2. The molecule has 0 aliphatic rings. The quantitative estimate of drug-likeness (QED) is 0.838. The second-order valence-corrected chi connectivity index (χ2v) is 4.29. The molecule has 6 nitrogen and oxygen atoms in total. The van der Waals surface area contributed by atoms with Gasteiger partial charge in [0.15, 0.2) is 0 Å². The molecule has 0 spiro atoms. The number of aryl methyl sites for hydroxylation is 1. The van der Waals surface area contributed by atoms with Crippen molar-refractivity contribution in [2.45, 2.75) is 6.54 Å². The summed E-state index contributed by atoms with van der Waals surface area (Å²) in [6.45, 7) is 0.903. The molecule has 0 fully saturated rings. The fraction of sp³-hybridized carbons (Fsp3) is 0.385. The van der Waals surface area contributed by atoms with Crippen LogP contribution in [0.3, 0.4) is 0 Å². The molecule has 1 aromatic heterocycles. The molecule has 0 bridgehead atoms. The van der Waals surface area contributed by atoms with Gasteiger partial charge in [-0.25, -0.2) is 4.79 Å². The standard InChI is InChI=1S/C13H17N3O3/c1-14-6-7-16-12(17)10-8-9(19-3)4-5-11(10)15(2)13(16)18/h4-5,8,14H,6-7H2,1-3H3. The van der Waals surface area contributed by atoms with Gasteiger partial charge < -0.3 is 10.1 Å². The highest BCUT2D eigenvalue weighted by Crippen LogP contribution is 2.16. The van der Waals surface area contributed by atoms with Crippen molar-refractivity contribution < 1.29 is 4.74 Å². The highest BCUT2D eigenvalue weighted by molar-refractivity contribution is 5.79. The average Bonchev–Trinajstić information content (AvgIpc) is 2.44. The molecule has 1 N–H and O–H groups in total. The third-order valence-electron chi connectivity index (χ3n) is 3.14. The van der Waals surface area contributed by atoms with E-state index < -0.39 is 0 Å². The van der Waals surface area contributed by atoms with Crippen molar-refractivity contribution in [2.24, 2.45) is 7.05 Å². The number of nitrogens with zero attached hydrogens (tertiary/aromatic N) is 2. The number of likely N-dealkylation sites (N-methyl/N-ethyl adjacent to an activating group) is 1. The first-order chi connectivity index (χ1) is 9.10. The summed E-state index contributed by atoms with van der Waals surface area (Å²) < 4.78 is 7.83. The van der Waals surface area contributed by atoms with Gasteiger partial charge in [0.25, 0.3) is 5.56 Å². The number of hydrogen-bond acceptors (Lipinski definition) is 4. The Morgan fingerprint density at radius 1 is 1.32 bits per heavy atom. The van der Waals surface area contributed by atoms with E-state index in [4.69, 9.17) is 4.74 Å². The molecule has 0 saturated heterocycles. The summed E-state index contributed by atoms with van der Waals surface area (Å²) in [4.78, 5) is 24.5. The van der Waals surface area contributed by atoms with Crippen molar-refractivity contribution in [3.05, 3.63) is 39.0 Å². The van der Waals surface area contributed by atoms with Crippen molar-refractivity contribution >= 4 is 10.9 Å². The fourth-order valence-corrected chi connectivity index (χ4v) is 2.04. The zero-order chi connectivity index (χ0) is 14.0. The van der Waals surface area contributed by atoms with Gasteiger partial charge in [0.05, 0.1) is 18.0 Å². The van der Waals surface area contributed by atoms with E-state index in [9.17, 15) is 9.59 Å². The van der Waals surface area contributed by atoms with Gasteiger partial charge in [-0.3, -0.25) is 13.9 Å². The van der Waals surface area contributed by atoms with E-state index in [-0.39, 0.29) is 11.2 Å². The minimum Gasteiger partial charge on any atom is -0.497 e. The van der Waals surface area contributed by atoms with E-state index in [1.54, 1.807) is 39.4 Å². The molecule has 102 valence electrons. The Labute approximate surface area is 110 Å². The van der Waals surface area contributed by atoms with E-state index in [0.717, 1.165) is 0 Å². The second kappa shape index (κ2) is 5.27. The molecular formula is C13H17N3O3. The topological polar surface area (TPSA) is 65.3 Å². The van der Waals surface area contributed by atoms with Gasteiger partial charge in [0.1, 0.15) is 5.75 Å². The predicted molar refractivity (Wildman–Crippen MR) is 73.9 cm³/mol. The number of rotatable bonds is 4. The second-order valence-electron chi connectivity index (χ2n) is 4.29. The summed E-state index contributed by atoms with van der Waals surface area (Å²) in [7, 11) is 4.98. The van der Waals surface area contributed by atoms with Crippen LogP contribution in [0.5, 0.6) is 5.75 Å². The van der Waals surface area contributed by atoms with Crippen LogP contribution in [0.4, 0.5) is 0 Å². The smallest absolute Gasteiger partial charge is 0.331 e. The fourth-order valence-electron chi connectivity index (χ4n) is 2.04. The van der Waals surface area contributed by atoms with Crippen LogP contribution in [-0.2, 0) is 13.6 Å². The van der Waals surface area contributed by atoms with Gasteiger partial charge in [-0.2, -0.15) is 0 Å². The van der Waals surface area contributed by atoms with Crippen LogP contribution in [0.1, 0.15) is 0 Å². The van der Waals surface area contributed by atoms with Crippen LogP contribution < -0.4 is 21.3 Å². The minimum atomic E-state index is -0.307. The molecule has 2 rings (SSSR count). The Kier molecular flexibility index (Phi) is 3.71. The molecule has 19 heavy (non-hydrogen) atoms. The minimum absolute atomic E-state index is 0.285. The van der Waals surface area contributed by atoms with Gasteiger partial charge in [0.2, 0.25) is 0 Å². The van der Waals surface area contributed by atoms with Gasteiger partial charge in [0, 0.05) is 20.1 Å². The van der Waals surface area contributed by atoms with Crippen LogP contribution in [0.15, 0.2) is 27.8 Å². The van der Waals surface area contributed by atoms with Crippen LogP contribution in [-0.4, -0.2) is 29.8 Å². The van der Waals surface area contributed by atoms with Gasteiger partial charge in [-0.05, 0) is 25.2 Å².